The monoisotopic (exact) mass is 398 g/mol. The summed E-state index contributed by atoms with van der Waals surface area (Å²) in [6.07, 6.45) is 9.45. The Hall–Kier alpha value is -1.98. The summed E-state index contributed by atoms with van der Waals surface area (Å²) in [6.45, 7) is 4.43. The summed E-state index contributed by atoms with van der Waals surface area (Å²) in [5.41, 5.74) is -0.249. The van der Waals surface area contributed by atoms with Gasteiger partial charge in [0.1, 0.15) is 17.7 Å². The van der Waals surface area contributed by atoms with E-state index in [1.807, 2.05) is 0 Å². The van der Waals surface area contributed by atoms with Crippen molar-refractivity contribution in [1.29, 1.82) is 0 Å². The number of ketones is 2. The van der Waals surface area contributed by atoms with Gasteiger partial charge in [0.25, 0.3) is 0 Å². The molecule has 1 N–H and O–H groups in total. The van der Waals surface area contributed by atoms with Gasteiger partial charge in [-0.3, -0.25) is 9.59 Å². The molecule has 0 aromatic carbocycles. The highest BCUT2D eigenvalue weighted by Crippen LogP contribution is 2.64. The van der Waals surface area contributed by atoms with Gasteiger partial charge in [-0.1, -0.05) is 13.8 Å². The van der Waals surface area contributed by atoms with E-state index in [1.54, 1.807) is 6.20 Å². The standard InChI is InChI=1S/C23H30N2O4/c1-22-7-5-13(29-21(28)20-24-9-10-25-20)11-17(22)18(26)12-14-15-3-4-19(27)23(15,2)8-6-16(14)22/h9-10,13-17H,3-8,11-12H2,1-2H3,(H,24,25)/t13?,14-,15-,16+,17?,22+,23-/m0/s1. The lowest BCUT2D eigenvalue weighted by atomic mass is 9.45. The van der Waals surface area contributed by atoms with Crippen molar-refractivity contribution in [2.45, 2.75) is 71.3 Å². The second-order valence-corrected chi connectivity index (χ2v) is 10.3. The molecular formula is C23H30N2O4. The molecule has 7 atom stereocenters. The van der Waals surface area contributed by atoms with Crippen molar-refractivity contribution in [3.05, 3.63) is 18.2 Å². The normalized spacial score (nSPS) is 44.0. The van der Waals surface area contributed by atoms with Gasteiger partial charge in [0.05, 0.1) is 0 Å². The molecule has 4 fully saturated rings. The molecule has 29 heavy (non-hydrogen) atoms. The van der Waals surface area contributed by atoms with Crippen LogP contribution in [-0.2, 0) is 14.3 Å². The minimum Gasteiger partial charge on any atom is -0.457 e. The molecule has 1 aromatic rings. The van der Waals surface area contributed by atoms with Crippen LogP contribution in [0.4, 0.5) is 0 Å². The number of esters is 1. The maximum Gasteiger partial charge on any atom is 0.374 e. The van der Waals surface area contributed by atoms with Crippen LogP contribution in [0.1, 0.15) is 75.8 Å². The topological polar surface area (TPSA) is 89.1 Å². The van der Waals surface area contributed by atoms with Crippen molar-refractivity contribution < 1.29 is 19.1 Å². The third-order valence-electron chi connectivity index (χ3n) is 9.08. The van der Waals surface area contributed by atoms with Crippen molar-refractivity contribution in [2.75, 3.05) is 0 Å². The zero-order valence-electron chi connectivity index (χ0n) is 17.3. The quantitative estimate of drug-likeness (QED) is 0.767. The van der Waals surface area contributed by atoms with Crippen molar-refractivity contribution >= 4 is 17.5 Å². The fourth-order valence-corrected chi connectivity index (χ4v) is 7.47. The molecule has 0 spiro atoms. The van der Waals surface area contributed by atoms with Crippen molar-refractivity contribution in [3.63, 3.8) is 0 Å². The first-order valence-electron chi connectivity index (χ1n) is 11.1. The number of nitrogens with one attached hydrogen (secondary N) is 1. The van der Waals surface area contributed by atoms with E-state index in [-0.39, 0.29) is 28.7 Å². The fraction of sp³-hybridized carbons (Fsp3) is 0.739. The smallest absolute Gasteiger partial charge is 0.374 e. The Labute approximate surface area is 171 Å². The van der Waals surface area contributed by atoms with E-state index in [1.165, 1.54) is 6.20 Å². The first kappa shape index (κ1) is 19.0. The molecule has 0 saturated heterocycles. The van der Waals surface area contributed by atoms with E-state index in [0.29, 0.717) is 48.6 Å². The Morgan fingerprint density at radius 2 is 2.00 bits per heavy atom. The Morgan fingerprint density at radius 1 is 1.17 bits per heavy atom. The van der Waals surface area contributed by atoms with E-state index in [0.717, 1.165) is 32.1 Å². The summed E-state index contributed by atoms with van der Waals surface area (Å²) in [4.78, 5) is 44.9. The summed E-state index contributed by atoms with van der Waals surface area (Å²) in [6, 6.07) is 0. The Balaban J connectivity index is 1.35. The fourth-order valence-electron chi connectivity index (χ4n) is 7.47. The van der Waals surface area contributed by atoms with Crippen LogP contribution in [-0.4, -0.2) is 33.6 Å². The lowest BCUT2D eigenvalue weighted by Crippen LogP contribution is -2.57. The molecular weight excluding hydrogens is 368 g/mol. The third kappa shape index (κ3) is 2.74. The molecule has 2 unspecified atom stereocenters. The largest absolute Gasteiger partial charge is 0.457 e. The zero-order valence-corrected chi connectivity index (χ0v) is 17.3. The Kier molecular flexibility index (Phi) is 4.27. The zero-order chi connectivity index (χ0) is 20.4. The van der Waals surface area contributed by atoms with Gasteiger partial charge in [-0.15, -0.1) is 0 Å². The summed E-state index contributed by atoms with van der Waals surface area (Å²) in [7, 11) is 0. The van der Waals surface area contributed by atoms with E-state index >= 15 is 0 Å². The number of hydrogen-bond acceptors (Lipinski definition) is 5. The van der Waals surface area contributed by atoms with Crippen LogP contribution in [0.25, 0.3) is 0 Å². The predicted molar refractivity (Wildman–Crippen MR) is 105 cm³/mol. The van der Waals surface area contributed by atoms with Crippen molar-refractivity contribution in [2.24, 2.45) is 34.5 Å². The summed E-state index contributed by atoms with van der Waals surface area (Å²) < 4.78 is 5.68. The van der Waals surface area contributed by atoms with Gasteiger partial charge in [0.15, 0.2) is 0 Å². The molecule has 0 radical (unpaired) electrons. The first-order chi connectivity index (χ1) is 13.8. The number of hydrogen-bond donors (Lipinski definition) is 1. The lowest BCUT2D eigenvalue weighted by molar-refractivity contribution is -0.160. The van der Waals surface area contributed by atoms with E-state index < -0.39 is 5.97 Å². The van der Waals surface area contributed by atoms with Crippen molar-refractivity contribution in [3.8, 4) is 0 Å². The average molecular weight is 399 g/mol. The number of fused-ring (bicyclic) bond motifs is 5. The van der Waals surface area contributed by atoms with Crippen LogP contribution in [0.15, 0.2) is 12.4 Å². The van der Waals surface area contributed by atoms with Crippen LogP contribution in [0.3, 0.4) is 0 Å². The van der Waals surface area contributed by atoms with Crippen LogP contribution >= 0.6 is 0 Å². The molecule has 0 bridgehead atoms. The molecule has 156 valence electrons. The number of ether oxygens (including phenoxy) is 1. The second-order valence-electron chi connectivity index (χ2n) is 10.3. The molecule has 4 aliphatic carbocycles. The number of imidazole rings is 1. The van der Waals surface area contributed by atoms with Gasteiger partial charge in [0.2, 0.25) is 5.82 Å². The van der Waals surface area contributed by atoms with Crippen LogP contribution in [0.5, 0.6) is 0 Å². The van der Waals surface area contributed by atoms with Gasteiger partial charge in [-0.25, -0.2) is 9.78 Å². The lowest BCUT2D eigenvalue weighted by Gasteiger charge is -2.59. The van der Waals surface area contributed by atoms with Gasteiger partial charge >= 0.3 is 5.97 Å². The molecule has 5 rings (SSSR count). The first-order valence-corrected chi connectivity index (χ1v) is 11.1. The molecule has 4 aliphatic rings. The van der Waals surface area contributed by atoms with E-state index in [9.17, 15) is 14.4 Å². The highest BCUT2D eigenvalue weighted by molar-refractivity contribution is 5.88. The van der Waals surface area contributed by atoms with Crippen LogP contribution in [0, 0.1) is 34.5 Å². The minimum atomic E-state index is -0.442. The number of Topliss-reactive ketones (excluding diaryl/α,β-unsaturated/α-hetero) is 2. The molecule has 0 aliphatic heterocycles. The number of rotatable bonds is 2. The molecule has 4 saturated carbocycles. The second kappa shape index (κ2) is 6.51. The molecule has 6 heteroatoms. The van der Waals surface area contributed by atoms with Crippen molar-refractivity contribution in [1.82, 2.24) is 9.97 Å². The maximum atomic E-state index is 13.3. The number of H-pyrrole nitrogens is 1. The maximum absolute atomic E-state index is 13.3. The highest BCUT2D eigenvalue weighted by Gasteiger charge is 2.62. The molecule has 1 heterocycles. The van der Waals surface area contributed by atoms with Gasteiger partial charge in [-0.2, -0.15) is 0 Å². The Morgan fingerprint density at radius 3 is 2.76 bits per heavy atom. The predicted octanol–water partition coefficient (Wildman–Crippen LogP) is 3.73. The molecule has 6 nitrogen and oxygen atoms in total. The highest BCUT2D eigenvalue weighted by atomic mass is 16.5. The minimum absolute atomic E-state index is 0.0411. The van der Waals surface area contributed by atoms with Gasteiger partial charge in [-0.05, 0) is 61.7 Å². The molecule has 0 amide bonds. The average Bonchev–Trinajstić information content (AvgIpc) is 3.32. The number of nitrogens with zero attached hydrogens (tertiary/aromatic N) is 1. The van der Waals surface area contributed by atoms with E-state index in [4.69, 9.17) is 4.74 Å². The van der Waals surface area contributed by atoms with Crippen LogP contribution < -0.4 is 0 Å². The number of carbonyl (C=O) groups is 3. The summed E-state index contributed by atoms with van der Waals surface area (Å²) >= 11 is 0. The summed E-state index contributed by atoms with van der Waals surface area (Å²) in [5, 5.41) is 0. The van der Waals surface area contributed by atoms with E-state index in [2.05, 4.69) is 23.8 Å². The molecule has 1 aromatic heterocycles. The summed E-state index contributed by atoms with van der Waals surface area (Å²) in [5.74, 6) is 1.66. The van der Waals surface area contributed by atoms with Gasteiger partial charge < -0.3 is 9.72 Å². The Bertz CT molecular complexity index is 849. The van der Waals surface area contributed by atoms with Gasteiger partial charge in [0, 0.05) is 36.6 Å². The number of aromatic amines is 1. The van der Waals surface area contributed by atoms with Crippen LogP contribution in [0.2, 0.25) is 0 Å². The number of carbonyl (C=O) groups excluding carboxylic acids is 3. The third-order valence-corrected chi connectivity index (χ3v) is 9.08. The number of aromatic nitrogens is 2. The SMILES string of the molecule is C[C@]12CCC(OC(=O)c3ncc[nH]3)CC1C(=O)C[C@@H]1[C@H]2CC[C@]2(C)C(=O)CC[C@@H]12.